The summed E-state index contributed by atoms with van der Waals surface area (Å²) in [6, 6.07) is 4.42. The van der Waals surface area contributed by atoms with Gasteiger partial charge in [0.15, 0.2) is 5.69 Å². The van der Waals surface area contributed by atoms with E-state index in [4.69, 9.17) is 0 Å². The Labute approximate surface area is 196 Å². The van der Waals surface area contributed by atoms with Gasteiger partial charge in [-0.2, -0.15) is 0 Å². The van der Waals surface area contributed by atoms with E-state index >= 15 is 0 Å². The number of aromatic nitrogens is 2. The third kappa shape index (κ3) is 4.00. The van der Waals surface area contributed by atoms with Gasteiger partial charge in [0.05, 0.1) is 10.8 Å². The van der Waals surface area contributed by atoms with Gasteiger partial charge >= 0.3 is 0 Å². The van der Waals surface area contributed by atoms with Crippen molar-refractivity contribution >= 4 is 15.9 Å². The second-order valence-corrected chi connectivity index (χ2v) is 11.6. The number of nitrogens with one attached hydrogen (secondary N) is 2. The highest BCUT2D eigenvalue weighted by molar-refractivity contribution is 7.90. The average Bonchev–Trinajstić information content (AvgIpc) is 3.66. The molecule has 3 heterocycles. The van der Waals surface area contributed by atoms with E-state index < -0.39 is 43.7 Å². The van der Waals surface area contributed by atoms with Gasteiger partial charge in [0.25, 0.3) is 11.5 Å². The molecule has 1 aromatic carbocycles. The van der Waals surface area contributed by atoms with Gasteiger partial charge in [-0.25, -0.2) is 22.5 Å². The quantitative estimate of drug-likeness (QED) is 0.566. The van der Waals surface area contributed by atoms with E-state index in [-0.39, 0.29) is 24.1 Å². The molecule has 2 saturated carbocycles. The molecule has 2 aliphatic carbocycles. The maximum atomic E-state index is 13.5. The molecule has 0 spiro atoms. The Kier molecular flexibility index (Phi) is 5.51. The van der Waals surface area contributed by atoms with E-state index in [1.807, 2.05) is 0 Å². The van der Waals surface area contributed by atoms with Crippen molar-refractivity contribution in [2.24, 2.45) is 5.92 Å². The molecule has 2 fully saturated rings. The molecular weight excluding hydrogens is 463 g/mol. The van der Waals surface area contributed by atoms with Crippen LogP contribution < -0.4 is 15.6 Å². The van der Waals surface area contributed by atoms with E-state index in [1.165, 1.54) is 16.7 Å². The van der Waals surface area contributed by atoms with E-state index in [2.05, 4.69) is 15.0 Å². The SMILES string of the molecule is Cc1cc(CNC(=O)c2nc3n(c(=O)c2O)CC2CCC3(NS(=O)(=O)C3CC3)CC2)ccc1F. The summed E-state index contributed by atoms with van der Waals surface area (Å²) < 4.78 is 43.4. The molecule has 0 unspecified atom stereocenters. The number of amides is 1. The lowest BCUT2D eigenvalue weighted by atomic mass is 9.78. The largest absolute Gasteiger partial charge is 0.501 e. The van der Waals surface area contributed by atoms with Crippen LogP contribution in [-0.2, 0) is 28.7 Å². The van der Waals surface area contributed by atoms with Gasteiger partial charge in [-0.05, 0) is 68.6 Å². The molecule has 2 bridgehead atoms. The number of nitrogens with zero attached hydrogens (tertiary/aromatic N) is 2. The first-order chi connectivity index (χ1) is 16.1. The number of halogens is 1. The van der Waals surface area contributed by atoms with Crippen LogP contribution in [0.25, 0.3) is 0 Å². The van der Waals surface area contributed by atoms with E-state index in [0.717, 1.165) is 0 Å². The normalized spacial score (nSPS) is 23.9. The zero-order valence-corrected chi connectivity index (χ0v) is 19.6. The van der Waals surface area contributed by atoms with E-state index in [1.54, 1.807) is 13.0 Å². The van der Waals surface area contributed by atoms with Crippen LogP contribution in [0, 0.1) is 18.7 Å². The number of carbonyl (C=O) groups is 1. The Morgan fingerprint density at radius 2 is 1.97 bits per heavy atom. The molecule has 0 atom stereocenters. The first kappa shape index (κ1) is 23.0. The summed E-state index contributed by atoms with van der Waals surface area (Å²) in [5.41, 5.74) is -1.21. The van der Waals surface area contributed by atoms with Gasteiger partial charge < -0.3 is 10.4 Å². The average molecular weight is 491 g/mol. The summed E-state index contributed by atoms with van der Waals surface area (Å²) >= 11 is 0. The molecule has 182 valence electrons. The summed E-state index contributed by atoms with van der Waals surface area (Å²) in [4.78, 5) is 30.4. The van der Waals surface area contributed by atoms with Crippen molar-refractivity contribution in [3.8, 4) is 5.75 Å². The molecule has 34 heavy (non-hydrogen) atoms. The maximum Gasteiger partial charge on any atom is 0.296 e. The van der Waals surface area contributed by atoms with Crippen LogP contribution in [0.15, 0.2) is 23.0 Å². The lowest BCUT2D eigenvalue weighted by Crippen LogP contribution is -2.50. The Morgan fingerprint density at radius 1 is 1.26 bits per heavy atom. The number of aryl methyl sites for hydroxylation is 1. The molecule has 4 aliphatic rings. The molecule has 0 saturated heterocycles. The van der Waals surface area contributed by atoms with Crippen molar-refractivity contribution in [2.45, 2.75) is 69.3 Å². The highest BCUT2D eigenvalue weighted by Crippen LogP contribution is 2.44. The number of hydrogen-bond acceptors (Lipinski definition) is 6. The second kappa shape index (κ2) is 8.16. The van der Waals surface area contributed by atoms with E-state index in [9.17, 15) is 27.5 Å². The Hall–Kier alpha value is -2.79. The fraction of sp³-hybridized carbons (Fsp3) is 0.522. The van der Waals surface area contributed by atoms with Crippen molar-refractivity contribution in [2.75, 3.05) is 0 Å². The van der Waals surface area contributed by atoms with Crippen molar-refractivity contribution < 1.29 is 22.7 Å². The van der Waals surface area contributed by atoms with Gasteiger partial charge in [0, 0.05) is 13.1 Å². The lowest BCUT2D eigenvalue weighted by molar-refractivity contribution is 0.0941. The third-order valence-corrected chi connectivity index (χ3v) is 9.19. The van der Waals surface area contributed by atoms with Crippen molar-refractivity contribution in [1.82, 2.24) is 19.6 Å². The van der Waals surface area contributed by atoms with Gasteiger partial charge in [-0.1, -0.05) is 12.1 Å². The number of fused-ring (bicyclic) bond motifs is 2. The summed E-state index contributed by atoms with van der Waals surface area (Å²) in [6.07, 6.45) is 3.55. The van der Waals surface area contributed by atoms with Crippen LogP contribution in [0.2, 0.25) is 0 Å². The topological polar surface area (TPSA) is 130 Å². The number of hydrogen-bond donors (Lipinski definition) is 3. The smallest absolute Gasteiger partial charge is 0.296 e. The highest BCUT2D eigenvalue weighted by Gasteiger charge is 2.49. The van der Waals surface area contributed by atoms with Crippen LogP contribution in [-0.4, -0.2) is 34.2 Å². The third-order valence-electron chi connectivity index (χ3n) is 7.16. The number of rotatable bonds is 6. The van der Waals surface area contributed by atoms with Crippen LogP contribution in [0.1, 0.15) is 66.0 Å². The molecule has 1 aromatic heterocycles. The fourth-order valence-corrected chi connectivity index (χ4v) is 6.80. The second-order valence-electron chi connectivity index (χ2n) is 9.69. The van der Waals surface area contributed by atoms with Crippen LogP contribution in [0.3, 0.4) is 0 Å². The first-order valence-corrected chi connectivity index (χ1v) is 13.0. The molecule has 3 N–H and O–H groups in total. The monoisotopic (exact) mass is 490 g/mol. The van der Waals surface area contributed by atoms with Crippen LogP contribution in [0.4, 0.5) is 4.39 Å². The fourth-order valence-electron chi connectivity index (χ4n) is 5.04. The standard InChI is InChI=1S/C23H27FN4O5S/c1-13-10-15(2-5-17(13)24)11-25-20(30)18-19(29)21(31)28-12-14-6-8-23(9-7-14,22(28)26-18)27-34(32,33)16-3-4-16/h2,5,10,14,16,27,29H,3-4,6-9,11-12H2,1H3,(H,25,30). The summed E-state index contributed by atoms with van der Waals surface area (Å²) in [6.45, 7) is 1.97. The first-order valence-electron chi connectivity index (χ1n) is 11.5. The minimum atomic E-state index is -3.60. The predicted octanol–water partition coefficient (Wildman–Crippen LogP) is 1.81. The molecule has 1 amide bonds. The molecule has 6 rings (SSSR count). The summed E-state index contributed by atoms with van der Waals surface area (Å²) in [7, 11) is -3.60. The van der Waals surface area contributed by atoms with Gasteiger partial charge in [-0.3, -0.25) is 14.2 Å². The Balaban J connectivity index is 1.51. The zero-order chi connectivity index (χ0) is 24.3. The van der Waals surface area contributed by atoms with Crippen molar-refractivity contribution in [1.29, 1.82) is 0 Å². The molecule has 2 aromatic rings. The number of benzene rings is 1. The zero-order valence-electron chi connectivity index (χ0n) is 18.8. The van der Waals surface area contributed by atoms with E-state index in [0.29, 0.717) is 56.2 Å². The molecule has 9 nitrogen and oxygen atoms in total. The predicted molar refractivity (Wildman–Crippen MR) is 121 cm³/mol. The minimum absolute atomic E-state index is 0.0427. The van der Waals surface area contributed by atoms with Gasteiger partial charge in [0.1, 0.15) is 11.6 Å². The number of aromatic hydroxyl groups is 1. The molecule has 2 aliphatic heterocycles. The maximum absolute atomic E-state index is 13.5. The number of sulfonamides is 1. The molecule has 0 radical (unpaired) electrons. The Bertz CT molecular complexity index is 1330. The summed E-state index contributed by atoms with van der Waals surface area (Å²) in [5.74, 6) is -1.54. The highest BCUT2D eigenvalue weighted by atomic mass is 32.2. The van der Waals surface area contributed by atoms with Crippen molar-refractivity contribution in [3.05, 3.63) is 57.0 Å². The summed E-state index contributed by atoms with van der Waals surface area (Å²) in [5, 5.41) is 12.7. The number of carbonyl (C=O) groups excluding carboxylic acids is 1. The van der Waals surface area contributed by atoms with Gasteiger partial charge in [0.2, 0.25) is 15.8 Å². The molecule has 11 heteroatoms. The van der Waals surface area contributed by atoms with Crippen LogP contribution >= 0.6 is 0 Å². The Morgan fingerprint density at radius 3 is 2.62 bits per heavy atom. The van der Waals surface area contributed by atoms with Crippen molar-refractivity contribution in [3.63, 3.8) is 0 Å². The van der Waals surface area contributed by atoms with Crippen LogP contribution in [0.5, 0.6) is 5.75 Å². The molecular formula is C23H27FN4O5S. The lowest BCUT2D eigenvalue weighted by Gasteiger charge is -2.36. The van der Waals surface area contributed by atoms with Gasteiger partial charge in [-0.15, -0.1) is 0 Å². The minimum Gasteiger partial charge on any atom is -0.501 e.